The van der Waals surface area contributed by atoms with Crippen LogP contribution in [0.3, 0.4) is 0 Å². The van der Waals surface area contributed by atoms with Crippen molar-refractivity contribution in [2.24, 2.45) is 0 Å². The van der Waals surface area contributed by atoms with Crippen molar-refractivity contribution < 1.29 is 9.29 Å². The summed E-state index contributed by atoms with van der Waals surface area (Å²) < 4.78 is 20.5. The van der Waals surface area contributed by atoms with Crippen molar-refractivity contribution in [1.29, 1.82) is 5.41 Å². The first kappa shape index (κ1) is 19.5. The number of ether oxygens (including phenoxy) is 1. The maximum atomic E-state index is 12.2. The summed E-state index contributed by atoms with van der Waals surface area (Å²) in [6.07, 6.45) is 8.79. The van der Waals surface area contributed by atoms with E-state index in [-0.39, 0.29) is 6.10 Å². The minimum atomic E-state index is -1.13. The van der Waals surface area contributed by atoms with Crippen LogP contribution >= 0.6 is 0 Å². The highest BCUT2D eigenvalue weighted by Crippen LogP contribution is 2.43. The molecule has 2 atom stereocenters. The van der Waals surface area contributed by atoms with Gasteiger partial charge in [0.05, 0.1) is 24.0 Å². The molecule has 2 N–H and O–H groups in total. The van der Waals surface area contributed by atoms with Gasteiger partial charge in [-0.05, 0) is 51.2 Å². The average Bonchev–Trinajstić information content (AvgIpc) is 3.12. The van der Waals surface area contributed by atoms with Gasteiger partial charge in [0.2, 0.25) is 0 Å². The third kappa shape index (κ3) is 3.35. The van der Waals surface area contributed by atoms with Gasteiger partial charge in [0, 0.05) is 48.2 Å². The van der Waals surface area contributed by atoms with E-state index < -0.39 is 11.4 Å². The molecule has 0 aromatic heterocycles. The Labute approximate surface area is 170 Å². The van der Waals surface area contributed by atoms with E-state index in [0.717, 1.165) is 54.9 Å². The minimum absolute atomic E-state index is 0.264. The second-order valence-electron chi connectivity index (χ2n) is 7.97. The van der Waals surface area contributed by atoms with Crippen LogP contribution in [0.5, 0.6) is 5.75 Å². The van der Waals surface area contributed by atoms with Crippen LogP contribution < -0.4 is 15.0 Å². The molecule has 1 aliphatic carbocycles. The molecule has 0 bridgehead atoms. The maximum absolute atomic E-state index is 12.2. The molecule has 0 amide bonds. The first-order valence-corrected chi connectivity index (χ1v) is 11.7. The predicted octanol–water partition coefficient (Wildman–Crippen LogP) is 2.91. The molecule has 3 aliphatic rings. The van der Waals surface area contributed by atoms with Gasteiger partial charge in [-0.1, -0.05) is 0 Å². The molecule has 4 rings (SSSR count). The molecule has 0 spiro atoms. The number of hydrogen-bond acceptors (Lipinski definition) is 6. The van der Waals surface area contributed by atoms with Crippen molar-refractivity contribution in [1.82, 2.24) is 9.62 Å². The molecule has 0 radical (unpaired) electrons. The van der Waals surface area contributed by atoms with Gasteiger partial charge >= 0.3 is 0 Å². The van der Waals surface area contributed by atoms with Crippen molar-refractivity contribution in [2.75, 3.05) is 31.3 Å². The van der Waals surface area contributed by atoms with Crippen molar-refractivity contribution in [3.63, 3.8) is 0 Å². The summed E-state index contributed by atoms with van der Waals surface area (Å²) in [5.41, 5.74) is 4.16. The molecule has 2 aliphatic heterocycles. The van der Waals surface area contributed by atoms with E-state index in [2.05, 4.69) is 36.3 Å². The number of anilines is 1. The second-order valence-corrected chi connectivity index (χ2v) is 9.26. The summed E-state index contributed by atoms with van der Waals surface area (Å²) >= 11 is -1.13. The fourth-order valence-corrected chi connectivity index (χ4v) is 4.98. The van der Waals surface area contributed by atoms with Crippen LogP contribution in [0.4, 0.5) is 5.69 Å². The van der Waals surface area contributed by atoms with Crippen molar-refractivity contribution in [3.8, 4) is 5.75 Å². The van der Waals surface area contributed by atoms with Gasteiger partial charge in [0.15, 0.2) is 5.82 Å². The van der Waals surface area contributed by atoms with Crippen LogP contribution in [0.25, 0.3) is 5.57 Å². The normalized spacial score (nSPS) is 24.9. The van der Waals surface area contributed by atoms with Gasteiger partial charge in [0.1, 0.15) is 12.0 Å². The molecule has 7 heteroatoms. The van der Waals surface area contributed by atoms with E-state index in [1.54, 1.807) is 6.26 Å². The SMILES string of the molecule is CC1CCc2c(ccc(/C(C=N)=C3/NCCN3[S+](C)[O-])c2OC2CCC2)N1C. The van der Waals surface area contributed by atoms with Crippen LogP contribution in [0.15, 0.2) is 18.0 Å². The van der Waals surface area contributed by atoms with Gasteiger partial charge in [-0.15, -0.1) is 0 Å². The van der Waals surface area contributed by atoms with Gasteiger partial charge in [0.25, 0.3) is 0 Å². The molecule has 6 nitrogen and oxygen atoms in total. The quantitative estimate of drug-likeness (QED) is 0.585. The van der Waals surface area contributed by atoms with Crippen LogP contribution in [-0.4, -0.2) is 53.6 Å². The van der Waals surface area contributed by atoms with Crippen molar-refractivity contribution >= 4 is 28.8 Å². The molecule has 28 heavy (non-hydrogen) atoms. The van der Waals surface area contributed by atoms with Gasteiger partial charge in [-0.2, -0.15) is 4.31 Å². The van der Waals surface area contributed by atoms with Crippen LogP contribution in [-0.2, 0) is 17.8 Å². The third-order valence-corrected chi connectivity index (χ3v) is 7.27. The smallest absolute Gasteiger partial charge is 0.157 e. The molecule has 1 saturated heterocycles. The number of hydrogen-bond donors (Lipinski definition) is 2. The van der Waals surface area contributed by atoms with Gasteiger partial charge < -0.3 is 24.9 Å². The predicted molar refractivity (Wildman–Crippen MR) is 115 cm³/mol. The number of fused-ring (bicyclic) bond motifs is 1. The van der Waals surface area contributed by atoms with Gasteiger partial charge in [-0.25, -0.2) is 0 Å². The Hall–Kier alpha value is -1.86. The van der Waals surface area contributed by atoms with Crippen molar-refractivity contribution in [2.45, 2.75) is 51.2 Å². The third-order valence-electron chi connectivity index (χ3n) is 6.28. The zero-order valence-electron chi connectivity index (χ0n) is 17.0. The highest BCUT2D eigenvalue weighted by molar-refractivity contribution is 7.88. The lowest BCUT2D eigenvalue weighted by molar-refractivity contribution is 0.118. The van der Waals surface area contributed by atoms with E-state index in [1.165, 1.54) is 23.9 Å². The fourth-order valence-electron chi connectivity index (χ4n) is 4.21. The number of allylic oxidation sites excluding steroid dienone is 1. The Bertz CT molecular complexity index is 791. The average molecular weight is 403 g/mol. The number of rotatable bonds is 5. The first-order chi connectivity index (χ1) is 13.5. The Kier molecular flexibility index (Phi) is 5.47. The van der Waals surface area contributed by atoms with E-state index in [0.29, 0.717) is 12.6 Å². The maximum Gasteiger partial charge on any atom is 0.157 e. The van der Waals surface area contributed by atoms with Crippen molar-refractivity contribution in [3.05, 3.63) is 29.1 Å². The van der Waals surface area contributed by atoms with Crippen LogP contribution in [0.2, 0.25) is 0 Å². The van der Waals surface area contributed by atoms with Gasteiger partial charge in [-0.3, -0.25) is 0 Å². The minimum Gasteiger partial charge on any atom is -0.593 e. The van der Waals surface area contributed by atoms with E-state index >= 15 is 0 Å². The lowest BCUT2D eigenvalue weighted by Gasteiger charge is -2.37. The zero-order chi connectivity index (χ0) is 19.8. The largest absolute Gasteiger partial charge is 0.593 e. The summed E-state index contributed by atoms with van der Waals surface area (Å²) in [7, 11) is 2.14. The molecular formula is C21H30N4O2S. The Morgan fingerprint density at radius 1 is 1.36 bits per heavy atom. The standard InChI is InChI=1S/C21H30N4O2S/c1-14-7-8-17-19(24(14)2)10-9-16(20(17)27-15-5-4-6-15)18(13-22)21-23-11-12-25(21)28(3)26/h9-10,13-15,22-23H,4-8,11-12H2,1-3H3/b21-18-,22-13?. The number of nitrogens with zero attached hydrogens (tertiary/aromatic N) is 2. The summed E-state index contributed by atoms with van der Waals surface area (Å²) in [6, 6.07) is 4.73. The molecule has 1 aromatic carbocycles. The van der Waals surface area contributed by atoms with E-state index in [4.69, 9.17) is 10.1 Å². The molecule has 2 heterocycles. The lowest BCUT2D eigenvalue weighted by Crippen LogP contribution is -2.34. The molecule has 1 saturated carbocycles. The Morgan fingerprint density at radius 2 is 2.14 bits per heavy atom. The second kappa shape index (κ2) is 7.87. The van der Waals surface area contributed by atoms with Crippen LogP contribution in [0.1, 0.15) is 43.7 Å². The summed E-state index contributed by atoms with van der Waals surface area (Å²) in [5, 5.41) is 11.5. The van der Waals surface area contributed by atoms with E-state index in [9.17, 15) is 4.55 Å². The molecule has 152 valence electrons. The highest BCUT2D eigenvalue weighted by atomic mass is 32.2. The zero-order valence-corrected chi connectivity index (χ0v) is 17.8. The molecule has 2 unspecified atom stereocenters. The summed E-state index contributed by atoms with van der Waals surface area (Å²) in [4.78, 5) is 2.33. The number of nitrogens with one attached hydrogen (secondary N) is 2. The fraction of sp³-hybridized carbons (Fsp3) is 0.571. The monoisotopic (exact) mass is 402 g/mol. The summed E-state index contributed by atoms with van der Waals surface area (Å²) in [6.45, 7) is 3.67. The van der Waals surface area contributed by atoms with E-state index in [1.807, 2.05) is 4.31 Å². The molecule has 2 fully saturated rings. The molecular weight excluding hydrogens is 372 g/mol. The topological polar surface area (TPSA) is 74.7 Å². The Morgan fingerprint density at radius 3 is 2.79 bits per heavy atom. The first-order valence-electron chi connectivity index (χ1n) is 10.2. The lowest BCUT2D eigenvalue weighted by atomic mass is 9.91. The van der Waals surface area contributed by atoms with Crippen LogP contribution in [0, 0.1) is 5.41 Å². The Balaban J connectivity index is 1.84. The number of benzene rings is 1. The molecule has 1 aromatic rings. The highest BCUT2D eigenvalue weighted by Gasteiger charge is 2.32. The summed E-state index contributed by atoms with van der Waals surface area (Å²) in [5.74, 6) is 1.69.